The highest BCUT2D eigenvalue weighted by molar-refractivity contribution is 5.82. The van der Waals surface area contributed by atoms with Crippen molar-refractivity contribution in [3.8, 4) is 0 Å². The number of amides is 2. The Morgan fingerprint density at radius 2 is 2.00 bits per heavy atom. The van der Waals surface area contributed by atoms with Gasteiger partial charge in [-0.3, -0.25) is 14.5 Å². The molecule has 0 aromatic carbocycles. The van der Waals surface area contributed by atoms with Gasteiger partial charge in [0.15, 0.2) is 0 Å². The first-order valence-electron chi connectivity index (χ1n) is 7.22. The van der Waals surface area contributed by atoms with Crippen LogP contribution in [0.5, 0.6) is 0 Å². The predicted molar refractivity (Wildman–Crippen MR) is 72.7 cm³/mol. The number of nitrogens with one attached hydrogen (secondary N) is 2. The van der Waals surface area contributed by atoms with Crippen molar-refractivity contribution < 1.29 is 9.59 Å². The zero-order chi connectivity index (χ0) is 13.7. The Labute approximate surface area is 114 Å². The molecule has 0 aliphatic carbocycles. The first kappa shape index (κ1) is 14.3. The molecule has 1 unspecified atom stereocenters. The van der Waals surface area contributed by atoms with Crippen molar-refractivity contribution in [2.75, 3.05) is 45.8 Å². The Kier molecular flexibility index (Phi) is 5.15. The number of hydrogen-bond acceptors (Lipinski definition) is 4. The lowest BCUT2D eigenvalue weighted by atomic mass is 10.1. The molecule has 0 bridgehead atoms. The molecule has 0 radical (unpaired) electrons. The van der Waals surface area contributed by atoms with Gasteiger partial charge in [0, 0.05) is 52.2 Å². The molecule has 2 aliphatic rings. The maximum atomic E-state index is 12.1. The van der Waals surface area contributed by atoms with Crippen LogP contribution in [0.3, 0.4) is 0 Å². The molecule has 2 amide bonds. The molecule has 2 N–H and O–H groups in total. The maximum absolute atomic E-state index is 12.1. The fourth-order valence-corrected chi connectivity index (χ4v) is 2.79. The van der Waals surface area contributed by atoms with Crippen LogP contribution in [-0.2, 0) is 9.59 Å². The smallest absolute Gasteiger partial charge is 0.237 e. The molecule has 2 heterocycles. The van der Waals surface area contributed by atoms with E-state index in [1.807, 2.05) is 11.8 Å². The van der Waals surface area contributed by atoms with E-state index in [2.05, 4.69) is 15.5 Å². The van der Waals surface area contributed by atoms with Gasteiger partial charge in [-0.1, -0.05) is 6.92 Å². The molecule has 2 aliphatic heterocycles. The lowest BCUT2D eigenvalue weighted by molar-refractivity contribution is -0.134. The average molecular weight is 268 g/mol. The monoisotopic (exact) mass is 268 g/mol. The maximum Gasteiger partial charge on any atom is 0.237 e. The molecule has 1 atom stereocenters. The summed E-state index contributed by atoms with van der Waals surface area (Å²) in [5.74, 6) is 0.311. The van der Waals surface area contributed by atoms with Gasteiger partial charge in [-0.15, -0.1) is 0 Å². The molecule has 2 fully saturated rings. The van der Waals surface area contributed by atoms with Crippen LogP contribution in [0.2, 0.25) is 0 Å². The van der Waals surface area contributed by atoms with Crippen molar-refractivity contribution in [1.82, 2.24) is 20.4 Å². The number of rotatable bonds is 4. The lowest BCUT2D eigenvalue weighted by Gasteiger charge is -2.35. The molecule has 6 heteroatoms. The third kappa shape index (κ3) is 3.67. The summed E-state index contributed by atoms with van der Waals surface area (Å²) in [6.45, 7) is 7.61. The Morgan fingerprint density at radius 1 is 1.26 bits per heavy atom. The normalized spacial score (nSPS) is 25.2. The number of piperazine rings is 2. The second kappa shape index (κ2) is 6.86. The van der Waals surface area contributed by atoms with Crippen molar-refractivity contribution in [3.05, 3.63) is 0 Å². The molecular weight excluding hydrogens is 244 g/mol. The van der Waals surface area contributed by atoms with Crippen molar-refractivity contribution >= 4 is 11.8 Å². The van der Waals surface area contributed by atoms with E-state index in [0.717, 1.165) is 39.1 Å². The zero-order valence-electron chi connectivity index (χ0n) is 11.7. The quantitative estimate of drug-likeness (QED) is 0.688. The Bertz CT molecular complexity index is 329. The van der Waals surface area contributed by atoms with Crippen molar-refractivity contribution in [2.24, 2.45) is 0 Å². The summed E-state index contributed by atoms with van der Waals surface area (Å²) in [6.07, 6.45) is 1.32. The van der Waals surface area contributed by atoms with E-state index in [1.54, 1.807) is 0 Å². The Morgan fingerprint density at radius 3 is 2.68 bits per heavy atom. The molecule has 0 saturated carbocycles. The van der Waals surface area contributed by atoms with Gasteiger partial charge < -0.3 is 15.5 Å². The van der Waals surface area contributed by atoms with Crippen LogP contribution < -0.4 is 10.6 Å². The van der Waals surface area contributed by atoms with Gasteiger partial charge in [0.1, 0.15) is 0 Å². The summed E-state index contributed by atoms with van der Waals surface area (Å²) >= 11 is 0. The molecule has 108 valence electrons. The third-order valence-electron chi connectivity index (χ3n) is 3.91. The summed E-state index contributed by atoms with van der Waals surface area (Å²) in [5, 5.41) is 6.12. The molecule has 2 rings (SSSR count). The van der Waals surface area contributed by atoms with Crippen LogP contribution >= 0.6 is 0 Å². The van der Waals surface area contributed by atoms with Crippen LogP contribution in [0.25, 0.3) is 0 Å². The molecule has 6 nitrogen and oxygen atoms in total. The molecule has 0 spiro atoms. The first-order valence-corrected chi connectivity index (χ1v) is 7.22. The van der Waals surface area contributed by atoms with Crippen LogP contribution in [0, 0.1) is 0 Å². The summed E-state index contributed by atoms with van der Waals surface area (Å²) in [4.78, 5) is 27.9. The van der Waals surface area contributed by atoms with Gasteiger partial charge in [0.2, 0.25) is 11.8 Å². The number of carbonyl (C=O) groups is 2. The Balaban J connectivity index is 1.80. The Hall–Kier alpha value is -1.14. The summed E-state index contributed by atoms with van der Waals surface area (Å²) in [5.41, 5.74) is 0. The highest BCUT2D eigenvalue weighted by atomic mass is 16.2. The molecular formula is C13H24N4O2. The highest BCUT2D eigenvalue weighted by Crippen LogP contribution is 2.09. The van der Waals surface area contributed by atoms with Crippen LogP contribution in [0.15, 0.2) is 0 Å². The van der Waals surface area contributed by atoms with Crippen LogP contribution in [0.1, 0.15) is 19.8 Å². The SMILES string of the molecule is CCC1C(=O)NCCN1CCC(=O)N1CCNCC1. The van der Waals surface area contributed by atoms with E-state index in [9.17, 15) is 9.59 Å². The van der Waals surface area contributed by atoms with Crippen LogP contribution in [-0.4, -0.2) is 73.5 Å². The van der Waals surface area contributed by atoms with Gasteiger partial charge in [-0.2, -0.15) is 0 Å². The predicted octanol–water partition coefficient (Wildman–Crippen LogP) is -0.981. The number of hydrogen-bond donors (Lipinski definition) is 2. The molecule has 19 heavy (non-hydrogen) atoms. The molecule has 0 aromatic rings. The largest absolute Gasteiger partial charge is 0.353 e. The van der Waals surface area contributed by atoms with Gasteiger partial charge in [0.05, 0.1) is 6.04 Å². The number of nitrogens with zero attached hydrogens (tertiary/aromatic N) is 2. The van der Waals surface area contributed by atoms with E-state index in [0.29, 0.717) is 19.5 Å². The van der Waals surface area contributed by atoms with E-state index < -0.39 is 0 Å². The standard InChI is InChI=1S/C13H24N4O2/c1-2-11-13(19)15-6-10-16(11)7-3-12(18)17-8-4-14-5-9-17/h11,14H,2-10H2,1H3,(H,15,19). The van der Waals surface area contributed by atoms with Crippen molar-refractivity contribution in [3.63, 3.8) is 0 Å². The second-order valence-electron chi connectivity index (χ2n) is 5.13. The lowest BCUT2D eigenvalue weighted by Crippen LogP contribution is -2.55. The topological polar surface area (TPSA) is 64.7 Å². The van der Waals surface area contributed by atoms with E-state index >= 15 is 0 Å². The summed E-state index contributed by atoms with van der Waals surface area (Å²) < 4.78 is 0. The van der Waals surface area contributed by atoms with Gasteiger partial charge >= 0.3 is 0 Å². The summed E-state index contributed by atoms with van der Waals surface area (Å²) in [6, 6.07) is -0.0652. The molecule has 0 aromatic heterocycles. The van der Waals surface area contributed by atoms with Gasteiger partial charge in [0.25, 0.3) is 0 Å². The van der Waals surface area contributed by atoms with Crippen LogP contribution in [0.4, 0.5) is 0 Å². The van der Waals surface area contributed by atoms with E-state index in [-0.39, 0.29) is 17.9 Å². The van der Waals surface area contributed by atoms with E-state index in [1.165, 1.54) is 0 Å². The zero-order valence-corrected chi connectivity index (χ0v) is 11.7. The fourth-order valence-electron chi connectivity index (χ4n) is 2.79. The number of carbonyl (C=O) groups excluding carboxylic acids is 2. The average Bonchev–Trinajstić information content (AvgIpc) is 2.45. The minimum Gasteiger partial charge on any atom is -0.353 e. The summed E-state index contributed by atoms with van der Waals surface area (Å²) in [7, 11) is 0. The van der Waals surface area contributed by atoms with E-state index in [4.69, 9.17) is 0 Å². The third-order valence-corrected chi connectivity index (χ3v) is 3.91. The highest BCUT2D eigenvalue weighted by Gasteiger charge is 2.28. The fraction of sp³-hybridized carbons (Fsp3) is 0.846. The minimum atomic E-state index is -0.0652. The van der Waals surface area contributed by atoms with Crippen molar-refractivity contribution in [2.45, 2.75) is 25.8 Å². The minimum absolute atomic E-state index is 0.0652. The van der Waals surface area contributed by atoms with Gasteiger partial charge in [-0.25, -0.2) is 0 Å². The van der Waals surface area contributed by atoms with Crippen molar-refractivity contribution in [1.29, 1.82) is 0 Å². The second-order valence-corrected chi connectivity index (χ2v) is 5.13. The first-order chi connectivity index (χ1) is 9.22. The van der Waals surface area contributed by atoms with Gasteiger partial charge in [-0.05, 0) is 6.42 Å². The molecule has 2 saturated heterocycles.